The first kappa shape index (κ1) is 24.7. The third-order valence-corrected chi connectivity index (χ3v) is 6.69. The van der Waals surface area contributed by atoms with Crippen molar-refractivity contribution in [2.24, 2.45) is 4.99 Å². The molecule has 0 aromatic carbocycles. The standard InChI is InChI=1S/C22H29FN6OS.HI/c1-2-24-22(27-17-6-11-29(15-17)21-18(23)4-3-9-25-21)26-10-5-20(30)28-12-7-19-16(14-28)8-13-31-19;/h3-4,8-9,13,17H,2,5-7,10-12,14-15H2,1H3,(H2,24,26,27);1H. The lowest BCUT2D eigenvalue weighted by Crippen LogP contribution is -2.45. The highest BCUT2D eigenvalue weighted by atomic mass is 127. The Morgan fingerprint density at radius 1 is 1.38 bits per heavy atom. The van der Waals surface area contributed by atoms with E-state index in [4.69, 9.17) is 0 Å². The van der Waals surface area contributed by atoms with Gasteiger partial charge in [0.2, 0.25) is 5.91 Å². The molecule has 1 unspecified atom stereocenters. The van der Waals surface area contributed by atoms with Gasteiger partial charge in [0.25, 0.3) is 0 Å². The Labute approximate surface area is 209 Å². The molecule has 0 bridgehead atoms. The number of rotatable bonds is 6. The number of carbonyl (C=O) groups excluding carboxylic acids is 1. The molecule has 0 aliphatic carbocycles. The summed E-state index contributed by atoms with van der Waals surface area (Å²) in [5.74, 6) is 0.945. The first-order chi connectivity index (χ1) is 15.1. The van der Waals surface area contributed by atoms with Crippen LogP contribution in [0.5, 0.6) is 0 Å². The number of hydrogen-bond donors (Lipinski definition) is 2. The van der Waals surface area contributed by atoms with Gasteiger partial charge in [-0.25, -0.2) is 9.37 Å². The Morgan fingerprint density at radius 3 is 3.06 bits per heavy atom. The van der Waals surface area contributed by atoms with Crippen molar-refractivity contribution in [3.63, 3.8) is 0 Å². The van der Waals surface area contributed by atoms with Gasteiger partial charge in [-0.05, 0) is 48.9 Å². The van der Waals surface area contributed by atoms with E-state index in [1.54, 1.807) is 23.6 Å². The summed E-state index contributed by atoms with van der Waals surface area (Å²) < 4.78 is 14.0. The zero-order valence-corrected chi connectivity index (χ0v) is 21.4. The maximum atomic E-state index is 14.0. The van der Waals surface area contributed by atoms with Crippen LogP contribution in [0.1, 0.15) is 30.2 Å². The Morgan fingerprint density at radius 2 is 2.25 bits per heavy atom. The molecule has 0 radical (unpaired) electrons. The quantitative estimate of drug-likeness (QED) is 0.317. The van der Waals surface area contributed by atoms with Crippen LogP contribution in [-0.2, 0) is 17.8 Å². The van der Waals surface area contributed by atoms with Gasteiger partial charge in [0, 0.05) is 56.3 Å². The van der Waals surface area contributed by atoms with Crippen molar-refractivity contribution in [3.05, 3.63) is 46.0 Å². The van der Waals surface area contributed by atoms with E-state index in [-0.39, 0.29) is 41.7 Å². The summed E-state index contributed by atoms with van der Waals surface area (Å²) in [6.07, 6.45) is 3.83. The van der Waals surface area contributed by atoms with E-state index in [0.29, 0.717) is 37.8 Å². The fourth-order valence-corrected chi connectivity index (χ4v) is 4.97. The average molecular weight is 572 g/mol. The van der Waals surface area contributed by atoms with Crippen LogP contribution < -0.4 is 15.5 Å². The predicted octanol–water partition coefficient (Wildman–Crippen LogP) is 3.01. The van der Waals surface area contributed by atoms with Crippen LogP contribution in [-0.4, -0.2) is 60.5 Å². The molecule has 1 fully saturated rings. The number of thiophene rings is 1. The van der Waals surface area contributed by atoms with Gasteiger partial charge in [0.1, 0.15) is 0 Å². The van der Waals surface area contributed by atoms with Crippen LogP contribution in [0.3, 0.4) is 0 Å². The third kappa shape index (κ3) is 6.09. The van der Waals surface area contributed by atoms with E-state index in [2.05, 4.69) is 32.1 Å². The van der Waals surface area contributed by atoms with Crippen LogP contribution in [0.2, 0.25) is 0 Å². The van der Waals surface area contributed by atoms with E-state index in [1.165, 1.54) is 16.5 Å². The molecule has 2 aromatic rings. The number of amides is 1. The second-order valence-electron chi connectivity index (χ2n) is 7.83. The summed E-state index contributed by atoms with van der Waals surface area (Å²) in [5, 5.41) is 8.77. The van der Waals surface area contributed by atoms with Crippen molar-refractivity contribution < 1.29 is 9.18 Å². The number of nitrogens with zero attached hydrogens (tertiary/aromatic N) is 4. The average Bonchev–Trinajstić information content (AvgIpc) is 3.43. The largest absolute Gasteiger partial charge is 0.357 e. The summed E-state index contributed by atoms with van der Waals surface area (Å²) in [6, 6.07) is 5.30. The highest BCUT2D eigenvalue weighted by Gasteiger charge is 2.26. The molecule has 1 amide bonds. The van der Waals surface area contributed by atoms with E-state index in [1.807, 2.05) is 16.7 Å². The molecule has 0 spiro atoms. The minimum absolute atomic E-state index is 0. The maximum absolute atomic E-state index is 14.0. The topological polar surface area (TPSA) is 72.9 Å². The van der Waals surface area contributed by atoms with Gasteiger partial charge >= 0.3 is 0 Å². The number of carbonyl (C=O) groups is 1. The minimum atomic E-state index is -0.297. The molecule has 10 heteroatoms. The summed E-state index contributed by atoms with van der Waals surface area (Å²) in [6.45, 7) is 6.08. The molecule has 2 N–H and O–H groups in total. The number of pyridine rings is 1. The van der Waals surface area contributed by atoms with Crippen molar-refractivity contribution in [2.45, 2.75) is 38.8 Å². The summed E-state index contributed by atoms with van der Waals surface area (Å²) in [5.41, 5.74) is 1.28. The first-order valence-corrected chi connectivity index (χ1v) is 11.8. The summed E-state index contributed by atoms with van der Waals surface area (Å²) in [7, 11) is 0. The Bertz CT molecular complexity index is 939. The van der Waals surface area contributed by atoms with Gasteiger partial charge in [-0.1, -0.05) is 0 Å². The summed E-state index contributed by atoms with van der Waals surface area (Å²) >= 11 is 1.78. The molecule has 1 atom stereocenters. The molecule has 1 saturated heterocycles. The number of aliphatic imine (C=N–C) groups is 1. The number of anilines is 1. The van der Waals surface area contributed by atoms with Crippen LogP contribution in [0.4, 0.5) is 10.2 Å². The van der Waals surface area contributed by atoms with Crippen molar-refractivity contribution in [1.82, 2.24) is 20.5 Å². The third-order valence-electron chi connectivity index (χ3n) is 5.67. The lowest BCUT2D eigenvalue weighted by Gasteiger charge is -2.27. The van der Waals surface area contributed by atoms with E-state index in [0.717, 1.165) is 32.5 Å². The fraction of sp³-hybridized carbons (Fsp3) is 0.500. The zero-order valence-electron chi connectivity index (χ0n) is 18.2. The molecule has 2 aliphatic rings. The van der Waals surface area contributed by atoms with Gasteiger partial charge < -0.3 is 20.4 Å². The van der Waals surface area contributed by atoms with Gasteiger partial charge in [0.15, 0.2) is 17.6 Å². The van der Waals surface area contributed by atoms with Gasteiger partial charge in [-0.3, -0.25) is 9.79 Å². The molecular formula is C22H30FIN6OS. The van der Waals surface area contributed by atoms with Gasteiger partial charge in [0.05, 0.1) is 6.54 Å². The van der Waals surface area contributed by atoms with Crippen LogP contribution in [0, 0.1) is 5.82 Å². The minimum Gasteiger partial charge on any atom is -0.357 e. The van der Waals surface area contributed by atoms with E-state index in [9.17, 15) is 9.18 Å². The van der Waals surface area contributed by atoms with Gasteiger partial charge in [-0.15, -0.1) is 35.3 Å². The normalized spacial score (nSPS) is 18.2. The predicted molar refractivity (Wildman–Crippen MR) is 137 cm³/mol. The second kappa shape index (κ2) is 11.8. The SMILES string of the molecule is CCNC(=NCCC(=O)N1CCc2sccc2C1)NC1CCN(c2ncccc2F)C1.I. The molecule has 2 aromatic heterocycles. The highest BCUT2D eigenvalue weighted by molar-refractivity contribution is 14.0. The van der Waals surface area contributed by atoms with Crippen molar-refractivity contribution in [3.8, 4) is 0 Å². The lowest BCUT2D eigenvalue weighted by atomic mass is 10.1. The van der Waals surface area contributed by atoms with Crippen molar-refractivity contribution >= 4 is 53.0 Å². The van der Waals surface area contributed by atoms with Gasteiger partial charge in [-0.2, -0.15) is 0 Å². The number of hydrogen-bond acceptors (Lipinski definition) is 5. The number of fused-ring (bicyclic) bond motifs is 1. The van der Waals surface area contributed by atoms with Crippen molar-refractivity contribution in [1.29, 1.82) is 0 Å². The number of halogens is 2. The molecular weight excluding hydrogens is 542 g/mol. The summed E-state index contributed by atoms with van der Waals surface area (Å²) in [4.78, 5) is 26.7. The molecule has 4 rings (SSSR count). The maximum Gasteiger partial charge on any atom is 0.224 e. The number of aromatic nitrogens is 1. The lowest BCUT2D eigenvalue weighted by molar-refractivity contribution is -0.131. The van der Waals surface area contributed by atoms with Crippen LogP contribution in [0.15, 0.2) is 34.8 Å². The first-order valence-electron chi connectivity index (χ1n) is 10.9. The fourth-order valence-electron chi connectivity index (χ4n) is 4.08. The Balaban J connectivity index is 0.00000289. The molecule has 7 nitrogen and oxygen atoms in total. The van der Waals surface area contributed by atoms with Crippen molar-refractivity contribution in [2.75, 3.05) is 37.6 Å². The van der Waals surface area contributed by atoms with E-state index >= 15 is 0 Å². The molecule has 2 aliphatic heterocycles. The molecule has 174 valence electrons. The smallest absolute Gasteiger partial charge is 0.224 e. The number of guanidine groups is 1. The monoisotopic (exact) mass is 572 g/mol. The highest BCUT2D eigenvalue weighted by Crippen LogP contribution is 2.24. The van der Waals surface area contributed by atoms with E-state index < -0.39 is 0 Å². The zero-order chi connectivity index (χ0) is 21.6. The Kier molecular flexibility index (Phi) is 9.09. The molecule has 32 heavy (non-hydrogen) atoms. The molecule has 0 saturated carbocycles. The second-order valence-corrected chi connectivity index (χ2v) is 8.83. The van der Waals surface area contributed by atoms with Crippen LogP contribution in [0.25, 0.3) is 0 Å². The molecule has 4 heterocycles. The number of nitrogens with one attached hydrogen (secondary N) is 2. The van der Waals surface area contributed by atoms with Crippen LogP contribution >= 0.6 is 35.3 Å². The Hall–Kier alpha value is -1.95.